The van der Waals surface area contributed by atoms with Crippen LogP contribution in [-0.4, -0.2) is 45.2 Å². The summed E-state index contributed by atoms with van der Waals surface area (Å²) in [5.74, 6) is -4.18. The second kappa shape index (κ2) is 5.86. The number of carbonyl (C=O) groups excluding carboxylic acids is 2. The summed E-state index contributed by atoms with van der Waals surface area (Å²) < 4.78 is 48.2. The van der Waals surface area contributed by atoms with E-state index in [0.717, 1.165) is 0 Å². The first kappa shape index (κ1) is 12.6. The first-order valence-corrected chi connectivity index (χ1v) is 9.57. The summed E-state index contributed by atoms with van der Waals surface area (Å²) in [6.07, 6.45) is -4.99. The minimum Gasteiger partial charge on any atom is -0.393 e. The number of fused-ring (bicyclic) bond motifs is 5. The minimum atomic E-state index is -3.21. The number of Topliss-reactive ketones (excluding diaryl/α,β-unsaturated/α-hetero) is 2. The molecule has 0 aromatic heterocycles. The summed E-state index contributed by atoms with van der Waals surface area (Å²) in [5.41, 5.74) is -4.33. The van der Waals surface area contributed by atoms with E-state index < -0.39 is 65.2 Å². The van der Waals surface area contributed by atoms with Gasteiger partial charge in [-0.1, -0.05) is 13.8 Å². The molecule has 0 radical (unpaired) electrons. The van der Waals surface area contributed by atoms with Crippen molar-refractivity contribution in [1.82, 2.24) is 0 Å². The largest absolute Gasteiger partial charge is 0.393 e. The van der Waals surface area contributed by atoms with Gasteiger partial charge in [0.2, 0.25) is 0 Å². The Kier molecular flexibility index (Phi) is 2.85. The second-order valence-electron chi connectivity index (χ2n) is 9.29. The summed E-state index contributed by atoms with van der Waals surface area (Å²) >= 11 is 0. The van der Waals surface area contributed by atoms with E-state index in [9.17, 15) is 24.9 Å². The van der Waals surface area contributed by atoms with Crippen molar-refractivity contribution in [1.29, 1.82) is 0 Å². The van der Waals surface area contributed by atoms with Crippen LogP contribution in [-0.2, 0) is 9.59 Å². The Balaban J connectivity index is 1.76. The van der Waals surface area contributed by atoms with Gasteiger partial charge in [-0.05, 0) is 67.6 Å². The van der Waals surface area contributed by atoms with Gasteiger partial charge in [0, 0.05) is 23.6 Å². The molecule has 0 amide bonds. The van der Waals surface area contributed by atoms with Crippen LogP contribution < -0.4 is 0 Å². The van der Waals surface area contributed by atoms with Crippen LogP contribution in [0, 0.1) is 34.5 Å². The third kappa shape index (κ3) is 2.20. The molecule has 0 spiro atoms. The quantitative estimate of drug-likeness (QED) is 0.690. The van der Waals surface area contributed by atoms with Gasteiger partial charge >= 0.3 is 0 Å². The molecule has 4 fully saturated rings. The van der Waals surface area contributed by atoms with E-state index in [1.165, 1.54) is 0 Å². The topological polar surface area (TPSA) is 94.8 Å². The summed E-state index contributed by atoms with van der Waals surface area (Å²) in [7, 11) is 0. The van der Waals surface area contributed by atoms with Crippen LogP contribution in [0.25, 0.3) is 0 Å². The maximum atomic E-state index is 12.7. The average Bonchev–Trinajstić information content (AvgIpc) is 2.89. The Morgan fingerprint density at radius 2 is 2.04 bits per heavy atom. The Labute approximate surface area is 163 Å². The van der Waals surface area contributed by atoms with Crippen LogP contribution in [0.3, 0.4) is 0 Å². The van der Waals surface area contributed by atoms with Gasteiger partial charge in [0.05, 0.1) is 8.85 Å². The van der Waals surface area contributed by atoms with Crippen molar-refractivity contribution in [3.63, 3.8) is 0 Å². The number of hydrogen-bond donors (Lipinski definition) is 3. The highest BCUT2D eigenvalue weighted by molar-refractivity contribution is 5.89. The van der Waals surface area contributed by atoms with E-state index in [4.69, 9.17) is 8.22 Å². The van der Waals surface area contributed by atoms with E-state index in [1.807, 2.05) is 0 Å². The first-order chi connectivity index (χ1) is 14.3. The van der Waals surface area contributed by atoms with Gasteiger partial charge in [-0.3, -0.25) is 9.59 Å². The molecule has 0 saturated heterocycles. The van der Waals surface area contributed by atoms with E-state index in [0.29, 0.717) is 19.3 Å². The highest BCUT2D eigenvalue weighted by atomic mass is 16.3. The van der Waals surface area contributed by atoms with E-state index in [2.05, 4.69) is 0 Å². The Morgan fingerprint density at radius 3 is 2.73 bits per heavy atom. The maximum Gasteiger partial charge on any atom is 0.190 e. The van der Waals surface area contributed by atoms with Gasteiger partial charge in [0.15, 0.2) is 5.78 Å². The lowest BCUT2D eigenvalue weighted by molar-refractivity contribution is -0.198. The number of hydrogen-bond acceptors (Lipinski definition) is 5. The molecule has 0 aliphatic heterocycles. The maximum absolute atomic E-state index is 12.7. The van der Waals surface area contributed by atoms with Gasteiger partial charge in [-0.15, -0.1) is 0 Å². The molecule has 0 bridgehead atoms. The summed E-state index contributed by atoms with van der Waals surface area (Å²) in [5, 5.41) is 32.4. The number of rotatable bonds is 2. The smallest absolute Gasteiger partial charge is 0.190 e. The molecule has 5 nitrogen and oxygen atoms in total. The first-order valence-electron chi connectivity index (χ1n) is 12.6. The average molecular weight is 371 g/mol. The fourth-order valence-corrected chi connectivity index (χ4v) is 7.03. The van der Waals surface area contributed by atoms with Gasteiger partial charge in [-0.2, -0.15) is 0 Å². The molecule has 146 valence electrons. The number of aliphatic hydroxyl groups excluding tert-OH is 1. The standard InChI is InChI=1S/C21H32O5/c1-19-7-5-13(23)9-12(19)3-4-14-15-6-8-21(26,17(25)11-22)20(15,2)10-16(24)18(14)19/h12,14-16,18,22,24,26H,3-11H2,1-2H3/t12-,14+,15+,16+,18-,19+,20+,21+/m1/s1/i5D2,9D2,11D2. The Hall–Kier alpha value is -0.780. The zero-order chi connectivity index (χ0) is 24.3. The van der Waals surface area contributed by atoms with Crippen LogP contribution in [0.1, 0.15) is 73.3 Å². The molecule has 0 unspecified atom stereocenters. The van der Waals surface area contributed by atoms with Crippen molar-refractivity contribution in [3.05, 3.63) is 0 Å². The van der Waals surface area contributed by atoms with Crippen LogP contribution >= 0.6 is 0 Å². The molecule has 4 rings (SSSR count). The van der Waals surface area contributed by atoms with Crippen LogP contribution in [0.5, 0.6) is 0 Å². The van der Waals surface area contributed by atoms with Crippen LogP contribution in [0.15, 0.2) is 0 Å². The third-order valence-corrected chi connectivity index (χ3v) is 8.36. The van der Waals surface area contributed by atoms with Gasteiger partial charge in [-0.25, -0.2) is 0 Å². The van der Waals surface area contributed by atoms with Crippen molar-refractivity contribution in [2.24, 2.45) is 34.5 Å². The second-order valence-corrected chi connectivity index (χ2v) is 9.29. The predicted octanol–water partition coefficient (Wildman–Crippen LogP) is 1.86. The summed E-state index contributed by atoms with van der Waals surface area (Å²) in [6.45, 7) is 0.181. The van der Waals surface area contributed by atoms with Crippen molar-refractivity contribution >= 4 is 11.6 Å². The lowest BCUT2D eigenvalue weighted by Gasteiger charge is -2.62. The number of aliphatic hydroxyl groups is 3. The molecule has 3 N–H and O–H groups in total. The van der Waals surface area contributed by atoms with Crippen molar-refractivity contribution in [2.75, 3.05) is 6.56 Å². The number of ketones is 2. The highest BCUT2D eigenvalue weighted by Crippen LogP contribution is 2.68. The molecule has 4 aliphatic carbocycles. The van der Waals surface area contributed by atoms with Gasteiger partial charge in [0.1, 0.15) is 17.9 Å². The highest BCUT2D eigenvalue weighted by Gasteiger charge is 2.68. The lowest BCUT2D eigenvalue weighted by Crippen LogP contribution is -2.63. The van der Waals surface area contributed by atoms with E-state index in [-0.39, 0.29) is 31.1 Å². The molecular weight excluding hydrogens is 332 g/mol. The van der Waals surface area contributed by atoms with Gasteiger partial charge in [0.25, 0.3) is 0 Å². The van der Waals surface area contributed by atoms with Crippen molar-refractivity contribution in [2.45, 2.75) is 76.8 Å². The Morgan fingerprint density at radius 1 is 1.31 bits per heavy atom. The SMILES string of the molecule is [2H]C([2H])(O)C(=O)[C@@]1(O)CC[C@H]2[C@@H]3CC[C@@H]4C([2H])([2H])C(=O)C([2H])([2H])C[C@]4(C)[C@H]3[C@@H](O)C[C@@]21C. The number of carbonyl (C=O) groups is 2. The molecule has 4 aliphatic rings. The van der Waals surface area contributed by atoms with Crippen LogP contribution in [0.2, 0.25) is 0 Å². The van der Waals surface area contributed by atoms with Crippen LogP contribution in [0.4, 0.5) is 0 Å². The molecule has 5 heteroatoms. The summed E-state index contributed by atoms with van der Waals surface area (Å²) in [6, 6.07) is 0. The molecular formula is C21H32O5. The fourth-order valence-electron chi connectivity index (χ4n) is 7.03. The molecule has 4 saturated carbocycles. The molecule has 8 atom stereocenters. The van der Waals surface area contributed by atoms with Crippen molar-refractivity contribution in [3.8, 4) is 0 Å². The Bertz CT molecular complexity index is 858. The molecule has 0 aromatic rings. The fraction of sp³-hybridized carbons (Fsp3) is 0.905. The molecule has 26 heavy (non-hydrogen) atoms. The van der Waals surface area contributed by atoms with Gasteiger partial charge < -0.3 is 15.3 Å². The lowest BCUT2D eigenvalue weighted by atomic mass is 9.43. The zero-order valence-electron chi connectivity index (χ0n) is 21.3. The minimum absolute atomic E-state index is 0.0523. The zero-order valence-corrected chi connectivity index (χ0v) is 15.3. The van der Waals surface area contributed by atoms with E-state index in [1.54, 1.807) is 13.8 Å². The normalized spacial score (nSPS) is 61.4. The molecule has 0 aromatic carbocycles. The third-order valence-electron chi connectivity index (χ3n) is 8.36. The van der Waals surface area contributed by atoms with Crippen molar-refractivity contribution < 1.29 is 33.1 Å². The predicted molar refractivity (Wildman–Crippen MR) is 95.2 cm³/mol. The monoisotopic (exact) mass is 370 g/mol. The van der Waals surface area contributed by atoms with E-state index >= 15 is 0 Å². The summed E-state index contributed by atoms with van der Waals surface area (Å²) in [4.78, 5) is 25.3. The molecule has 0 heterocycles.